The van der Waals surface area contributed by atoms with Gasteiger partial charge in [-0.3, -0.25) is 4.79 Å². The first kappa shape index (κ1) is 18.6. The summed E-state index contributed by atoms with van der Waals surface area (Å²) in [7, 11) is -0.211. The molecule has 1 rings (SSSR count). The lowest BCUT2D eigenvalue weighted by atomic mass is 10.1. The van der Waals surface area contributed by atoms with E-state index in [1.807, 2.05) is 27.7 Å². The number of hydrogen-bond donors (Lipinski definition) is 0. The Morgan fingerprint density at radius 3 is 1.95 bits per heavy atom. The van der Waals surface area contributed by atoms with Crippen LogP contribution in [-0.2, 0) is 10.0 Å². The van der Waals surface area contributed by atoms with E-state index >= 15 is 0 Å². The third-order valence-electron chi connectivity index (χ3n) is 3.49. The zero-order valence-corrected chi connectivity index (χ0v) is 15.0. The van der Waals surface area contributed by atoms with Gasteiger partial charge < -0.3 is 4.90 Å². The molecular weight excluding hydrogens is 300 g/mol. The van der Waals surface area contributed by atoms with Crippen molar-refractivity contribution in [3.63, 3.8) is 0 Å². The molecule has 6 heteroatoms. The third kappa shape index (κ3) is 4.30. The van der Waals surface area contributed by atoms with Crippen LogP contribution in [0.5, 0.6) is 0 Å². The predicted octanol–water partition coefficient (Wildman–Crippen LogP) is 2.44. The molecular formula is C16H26N2O3S. The Hall–Kier alpha value is -1.40. The first-order valence-corrected chi connectivity index (χ1v) is 8.85. The molecule has 0 aromatic heterocycles. The lowest BCUT2D eigenvalue weighted by Crippen LogP contribution is -2.33. The summed E-state index contributed by atoms with van der Waals surface area (Å²) in [6.07, 6.45) is 0. The van der Waals surface area contributed by atoms with Crippen molar-refractivity contribution in [2.45, 2.75) is 38.6 Å². The molecule has 0 aliphatic heterocycles. The van der Waals surface area contributed by atoms with Crippen LogP contribution in [0.1, 0.15) is 38.1 Å². The lowest BCUT2D eigenvalue weighted by Gasteiger charge is -2.22. The molecule has 0 spiro atoms. The fraction of sp³-hybridized carbons (Fsp3) is 0.562. The number of hydrogen-bond acceptors (Lipinski definition) is 3. The van der Waals surface area contributed by atoms with Crippen LogP contribution in [-0.4, -0.2) is 50.2 Å². The second-order valence-electron chi connectivity index (χ2n) is 6.22. The number of nitrogens with zero attached hydrogens (tertiary/aromatic N) is 2. The van der Waals surface area contributed by atoms with E-state index in [2.05, 4.69) is 0 Å². The van der Waals surface area contributed by atoms with E-state index in [9.17, 15) is 13.2 Å². The van der Waals surface area contributed by atoms with Gasteiger partial charge in [0, 0.05) is 32.2 Å². The number of carbonyl (C=O) groups excluding carboxylic acids is 1. The van der Waals surface area contributed by atoms with Crippen LogP contribution in [0, 0.1) is 5.92 Å². The molecule has 0 heterocycles. The van der Waals surface area contributed by atoms with Crippen molar-refractivity contribution in [3.05, 3.63) is 29.8 Å². The zero-order chi connectivity index (χ0) is 17.1. The van der Waals surface area contributed by atoms with E-state index in [1.165, 1.54) is 16.4 Å². The summed E-state index contributed by atoms with van der Waals surface area (Å²) in [5, 5.41) is 0. The summed E-state index contributed by atoms with van der Waals surface area (Å²) >= 11 is 0. The van der Waals surface area contributed by atoms with Gasteiger partial charge in [-0.25, -0.2) is 8.42 Å². The maximum Gasteiger partial charge on any atom is 0.253 e. The summed E-state index contributed by atoms with van der Waals surface area (Å²) in [5.41, 5.74) is 0.495. The van der Waals surface area contributed by atoms with Crippen LogP contribution in [0.15, 0.2) is 29.2 Å². The molecule has 1 aromatic carbocycles. The zero-order valence-electron chi connectivity index (χ0n) is 14.2. The van der Waals surface area contributed by atoms with Gasteiger partial charge >= 0.3 is 0 Å². The van der Waals surface area contributed by atoms with Crippen LogP contribution in [0.3, 0.4) is 0 Å². The highest BCUT2D eigenvalue weighted by atomic mass is 32.2. The van der Waals surface area contributed by atoms with Crippen molar-refractivity contribution in [2.24, 2.45) is 5.92 Å². The number of sulfonamides is 1. The minimum absolute atomic E-state index is 0.102. The molecule has 1 aromatic rings. The molecule has 0 saturated heterocycles. The quantitative estimate of drug-likeness (QED) is 0.807. The van der Waals surface area contributed by atoms with Crippen LogP contribution >= 0.6 is 0 Å². The number of rotatable bonds is 6. The summed E-state index contributed by atoms with van der Waals surface area (Å²) in [4.78, 5) is 14.1. The maximum absolute atomic E-state index is 12.4. The largest absolute Gasteiger partial charge is 0.341 e. The van der Waals surface area contributed by atoms with Gasteiger partial charge in [0.2, 0.25) is 10.0 Å². The van der Waals surface area contributed by atoms with Crippen molar-refractivity contribution in [2.75, 3.05) is 20.6 Å². The normalized spacial score (nSPS) is 12.2. The van der Waals surface area contributed by atoms with E-state index in [1.54, 1.807) is 31.1 Å². The van der Waals surface area contributed by atoms with E-state index in [0.717, 1.165) is 0 Å². The van der Waals surface area contributed by atoms with E-state index in [4.69, 9.17) is 0 Å². The van der Waals surface area contributed by atoms with Gasteiger partial charge in [0.25, 0.3) is 5.91 Å². The van der Waals surface area contributed by atoms with E-state index in [0.29, 0.717) is 18.0 Å². The van der Waals surface area contributed by atoms with Crippen LogP contribution < -0.4 is 0 Å². The molecule has 0 fully saturated rings. The van der Waals surface area contributed by atoms with Crippen molar-refractivity contribution < 1.29 is 13.2 Å². The van der Waals surface area contributed by atoms with Gasteiger partial charge in [0.1, 0.15) is 0 Å². The van der Waals surface area contributed by atoms with Gasteiger partial charge in [0.15, 0.2) is 0 Å². The van der Waals surface area contributed by atoms with Gasteiger partial charge in [-0.15, -0.1) is 0 Å². The SMILES string of the molecule is CC(C)CN(C)C(=O)c1ccc(S(=O)(=O)N(C)C(C)C)cc1. The highest BCUT2D eigenvalue weighted by Crippen LogP contribution is 2.18. The molecule has 124 valence electrons. The van der Waals surface area contributed by atoms with Crippen LogP contribution in [0.25, 0.3) is 0 Å². The van der Waals surface area contributed by atoms with Gasteiger partial charge in [-0.2, -0.15) is 4.31 Å². The molecule has 0 atom stereocenters. The topological polar surface area (TPSA) is 57.7 Å². The lowest BCUT2D eigenvalue weighted by molar-refractivity contribution is 0.0779. The predicted molar refractivity (Wildman–Crippen MR) is 88.3 cm³/mol. The second kappa shape index (κ2) is 7.24. The van der Waals surface area contributed by atoms with E-state index < -0.39 is 10.0 Å². The first-order chi connectivity index (χ1) is 10.1. The smallest absolute Gasteiger partial charge is 0.253 e. The summed E-state index contributed by atoms with van der Waals surface area (Å²) in [6.45, 7) is 8.38. The number of benzene rings is 1. The molecule has 1 amide bonds. The second-order valence-corrected chi connectivity index (χ2v) is 8.22. The summed E-state index contributed by atoms with van der Waals surface area (Å²) in [6, 6.07) is 6.00. The van der Waals surface area contributed by atoms with Gasteiger partial charge in [0.05, 0.1) is 4.90 Å². The molecule has 22 heavy (non-hydrogen) atoms. The Bertz CT molecular complexity index is 607. The summed E-state index contributed by atoms with van der Waals surface area (Å²) < 4.78 is 26.0. The minimum Gasteiger partial charge on any atom is -0.341 e. The highest BCUT2D eigenvalue weighted by molar-refractivity contribution is 7.89. The Morgan fingerprint density at radius 1 is 1.05 bits per heavy atom. The van der Waals surface area contributed by atoms with Gasteiger partial charge in [-0.05, 0) is 44.0 Å². The van der Waals surface area contributed by atoms with Crippen molar-refractivity contribution in [3.8, 4) is 0 Å². The first-order valence-electron chi connectivity index (χ1n) is 7.41. The maximum atomic E-state index is 12.4. The molecule has 0 aliphatic carbocycles. The Morgan fingerprint density at radius 2 is 1.55 bits per heavy atom. The fourth-order valence-corrected chi connectivity index (χ4v) is 3.43. The molecule has 0 radical (unpaired) electrons. The molecule has 0 N–H and O–H groups in total. The third-order valence-corrected chi connectivity index (χ3v) is 5.54. The van der Waals surface area contributed by atoms with Crippen LogP contribution in [0.4, 0.5) is 0 Å². The highest BCUT2D eigenvalue weighted by Gasteiger charge is 2.23. The number of carbonyl (C=O) groups is 1. The average molecular weight is 326 g/mol. The standard InChI is InChI=1S/C16H26N2O3S/c1-12(2)11-17(5)16(19)14-7-9-15(10-8-14)22(20,21)18(6)13(3)4/h7-10,12-13H,11H2,1-6H3. The monoisotopic (exact) mass is 326 g/mol. The molecule has 5 nitrogen and oxygen atoms in total. The Balaban J connectivity index is 2.98. The molecule has 0 bridgehead atoms. The van der Waals surface area contributed by atoms with Crippen molar-refractivity contribution >= 4 is 15.9 Å². The Labute approximate surface area is 134 Å². The Kier molecular flexibility index (Phi) is 6.14. The van der Waals surface area contributed by atoms with Crippen molar-refractivity contribution in [1.82, 2.24) is 9.21 Å². The summed E-state index contributed by atoms with van der Waals surface area (Å²) in [5.74, 6) is 0.281. The molecule has 0 aliphatic rings. The van der Waals surface area contributed by atoms with Crippen LogP contribution in [0.2, 0.25) is 0 Å². The average Bonchev–Trinajstić information content (AvgIpc) is 2.44. The number of amides is 1. The molecule has 0 unspecified atom stereocenters. The van der Waals surface area contributed by atoms with E-state index in [-0.39, 0.29) is 16.8 Å². The minimum atomic E-state index is -3.51. The fourth-order valence-electron chi connectivity index (χ4n) is 2.06. The van der Waals surface area contributed by atoms with Gasteiger partial charge in [-0.1, -0.05) is 13.8 Å². The van der Waals surface area contributed by atoms with Crippen molar-refractivity contribution in [1.29, 1.82) is 0 Å². The molecule has 0 saturated carbocycles.